The fraction of sp³-hybridized carbons (Fsp3) is 0.500. The van der Waals surface area contributed by atoms with E-state index in [4.69, 9.17) is 0 Å². The maximum Gasteiger partial charge on any atom is 0.0571 e. The molecule has 0 amide bonds. The smallest absolute Gasteiger partial charge is 0.0571 e. The van der Waals surface area contributed by atoms with Gasteiger partial charge < -0.3 is 5.32 Å². The third kappa shape index (κ3) is 1.43. The van der Waals surface area contributed by atoms with Crippen LogP contribution in [0.3, 0.4) is 0 Å². The fourth-order valence-corrected chi connectivity index (χ4v) is 1.95. The van der Waals surface area contributed by atoms with Crippen molar-refractivity contribution in [2.45, 2.75) is 26.8 Å². The summed E-state index contributed by atoms with van der Waals surface area (Å²) in [5, 5.41) is 3.58. The fourth-order valence-electron chi connectivity index (χ4n) is 1.95. The maximum atomic E-state index is 3.58. The zero-order valence-corrected chi connectivity index (χ0v) is 8.54. The molecule has 0 aromatic rings. The van der Waals surface area contributed by atoms with Crippen molar-refractivity contribution in [2.75, 3.05) is 0 Å². The van der Waals surface area contributed by atoms with E-state index in [-0.39, 0.29) is 0 Å². The minimum absolute atomic E-state index is 0.530. The van der Waals surface area contributed by atoms with Gasteiger partial charge in [0.05, 0.1) is 6.04 Å². The van der Waals surface area contributed by atoms with Crippen molar-refractivity contribution in [3.05, 3.63) is 35.6 Å². The molecule has 0 saturated heterocycles. The minimum atomic E-state index is 0.530. The van der Waals surface area contributed by atoms with Crippen LogP contribution in [0.25, 0.3) is 0 Å². The molecule has 1 heteroatoms. The highest BCUT2D eigenvalue weighted by Crippen LogP contribution is 2.28. The van der Waals surface area contributed by atoms with Gasteiger partial charge in [0.15, 0.2) is 0 Å². The van der Waals surface area contributed by atoms with Crippen LogP contribution in [0.2, 0.25) is 0 Å². The highest BCUT2D eigenvalue weighted by Gasteiger charge is 2.27. The van der Waals surface area contributed by atoms with E-state index < -0.39 is 0 Å². The molecule has 0 spiro atoms. The molecule has 2 aliphatic rings. The Bertz CT molecular complexity index is 294. The first kappa shape index (κ1) is 8.61. The van der Waals surface area contributed by atoms with E-state index >= 15 is 0 Å². The van der Waals surface area contributed by atoms with Crippen molar-refractivity contribution in [1.82, 2.24) is 5.32 Å². The SMILES string of the molecule is CC(C)C1=CC2=CC=CC(C)C2N1. The summed E-state index contributed by atoms with van der Waals surface area (Å²) >= 11 is 0. The monoisotopic (exact) mass is 175 g/mol. The minimum Gasteiger partial charge on any atom is -0.381 e. The average molecular weight is 175 g/mol. The molecular formula is C12H17N. The number of nitrogens with one attached hydrogen (secondary N) is 1. The van der Waals surface area contributed by atoms with Crippen molar-refractivity contribution in [2.24, 2.45) is 11.8 Å². The van der Waals surface area contributed by atoms with Crippen LogP contribution in [0.15, 0.2) is 35.6 Å². The lowest BCUT2D eigenvalue weighted by molar-refractivity contribution is 0.521. The molecule has 0 aromatic carbocycles. The summed E-state index contributed by atoms with van der Waals surface area (Å²) in [5.74, 6) is 1.23. The number of fused-ring (bicyclic) bond motifs is 1. The molecule has 2 atom stereocenters. The van der Waals surface area contributed by atoms with Crippen LogP contribution >= 0.6 is 0 Å². The Morgan fingerprint density at radius 1 is 1.38 bits per heavy atom. The highest BCUT2D eigenvalue weighted by atomic mass is 15.0. The van der Waals surface area contributed by atoms with E-state index in [2.05, 4.69) is 50.4 Å². The van der Waals surface area contributed by atoms with Gasteiger partial charge in [0.2, 0.25) is 0 Å². The Hall–Kier alpha value is -0.980. The molecule has 1 aliphatic heterocycles. The molecule has 70 valence electrons. The second-order valence-electron chi connectivity index (χ2n) is 4.29. The van der Waals surface area contributed by atoms with Crippen LogP contribution in [0.5, 0.6) is 0 Å². The van der Waals surface area contributed by atoms with Gasteiger partial charge in [-0.1, -0.05) is 39.0 Å². The molecule has 0 radical (unpaired) electrons. The van der Waals surface area contributed by atoms with Crippen molar-refractivity contribution in [3.8, 4) is 0 Å². The van der Waals surface area contributed by atoms with E-state index in [0.29, 0.717) is 17.9 Å². The zero-order valence-electron chi connectivity index (χ0n) is 8.54. The Kier molecular flexibility index (Phi) is 2.03. The molecule has 13 heavy (non-hydrogen) atoms. The van der Waals surface area contributed by atoms with Gasteiger partial charge in [-0.25, -0.2) is 0 Å². The summed E-state index contributed by atoms with van der Waals surface area (Å²) in [4.78, 5) is 0. The quantitative estimate of drug-likeness (QED) is 0.646. The van der Waals surface area contributed by atoms with Gasteiger partial charge in [-0.3, -0.25) is 0 Å². The van der Waals surface area contributed by atoms with Crippen molar-refractivity contribution in [3.63, 3.8) is 0 Å². The third-order valence-electron chi connectivity index (χ3n) is 2.85. The lowest BCUT2D eigenvalue weighted by Gasteiger charge is -2.23. The van der Waals surface area contributed by atoms with Crippen LogP contribution < -0.4 is 5.32 Å². The summed E-state index contributed by atoms with van der Waals surface area (Å²) in [5.41, 5.74) is 2.82. The molecule has 0 fully saturated rings. The third-order valence-corrected chi connectivity index (χ3v) is 2.85. The molecule has 2 rings (SSSR count). The largest absolute Gasteiger partial charge is 0.381 e. The predicted octanol–water partition coefficient (Wildman–Crippen LogP) is 2.63. The van der Waals surface area contributed by atoms with E-state index in [1.807, 2.05) is 0 Å². The van der Waals surface area contributed by atoms with Gasteiger partial charge in [0, 0.05) is 5.70 Å². The van der Waals surface area contributed by atoms with Crippen molar-refractivity contribution >= 4 is 0 Å². The van der Waals surface area contributed by atoms with Crippen LogP contribution in [0, 0.1) is 11.8 Å². The van der Waals surface area contributed by atoms with E-state index in [1.54, 1.807) is 0 Å². The van der Waals surface area contributed by atoms with Crippen LogP contribution in [0.1, 0.15) is 20.8 Å². The average Bonchev–Trinajstić information content (AvgIpc) is 2.49. The predicted molar refractivity (Wildman–Crippen MR) is 56.2 cm³/mol. The van der Waals surface area contributed by atoms with Crippen molar-refractivity contribution < 1.29 is 0 Å². The highest BCUT2D eigenvalue weighted by molar-refractivity contribution is 5.41. The number of hydrogen-bond donors (Lipinski definition) is 1. The van der Waals surface area contributed by atoms with Gasteiger partial charge in [-0.15, -0.1) is 0 Å². The normalized spacial score (nSPS) is 31.1. The molecule has 0 bridgehead atoms. The molecule has 0 saturated carbocycles. The number of allylic oxidation sites excluding steroid dienone is 3. The first-order valence-corrected chi connectivity index (χ1v) is 5.05. The van der Waals surface area contributed by atoms with E-state index in [0.717, 1.165) is 0 Å². The van der Waals surface area contributed by atoms with Gasteiger partial charge in [0.1, 0.15) is 0 Å². The molecule has 1 nitrogen and oxygen atoms in total. The van der Waals surface area contributed by atoms with Gasteiger partial charge in [-0.05, 0) is 23.5 Å². The first-order valence-electron chi connectivity index (χ1n) is 5.05. The molecule has 1 aliphatic carbocycles. The number of rotatable bonds is 1. The maximum absolute atomic E-state index is 3.58. The summed E-state index contributed by atoms with van der Waals surface area (Å²) < 4.78 is 0. The van der Waals surface area contributed by atoms with Crippen molar-refractivity contribution in [1.29, 1.82) is 0 Å². The van der Waals surface area contributed by atoms with Crippen LogP contribution in [0.4, 0.5) is 0 Å². The topological polar surface area (TPSA) is 12.0 Å². The Morgan fingerprint density at radius 3 is 2.77 bits per heavy atom. The Morgan fingerprint density at radius 2 is 2.15 bits per heavy atom. The van der Waals surface area contributed by atoms with Gasteiger partial charge >= 0.3 is 0 Å². The second-order valence-corrected chi connectivity index (χ2v) is 4.29. The molecule has 2 unspecified atom stereocenters. The molecular weight excluding hydrogens is 158 g/mol. The van der Waals surface area contributed by atoms with Crippen LogP contribution in [-0.2, 0) is 0 Å². The van der Waals surface area contributed by atoms with E-state index in [9.17, 15) is 0 Å². The van der Waals surface area contributed by atoms with E-state index in [1.165, 1.54) is 11.3 Å². The molecule has 0 aromatic heterocycles. The lowest BCUT2D eigenvalue weighted by atomic mass is 9.92. The zero-order chi connectivity index (χ0) is 9.42. The lowest BCUT2D eigenvalue weighted by Crippen LogP contribution is -2.32. The van der Waals surface area contributed by atoms with Gasteiger partial charge in [0.25, 0.3) is 0 Å². The first-order chi connectivity index (χ1) is 6.18. The molecule has 1 N–H and O–H groups in total. The summed E-state index contributed by atoms with van der Waals surface area (Å²) in [6.45, 7) is 6.72. The Labute approximate surface area is 80.2 Å². The number of hydrogen-bond acceptors (Lipinski definition) is 1. The van der Waals surface area contributed by atoms with Gasteiger partial charge in [-0.2, -0.15) is 0 Å². The summed E-state index contributed by atoms with van der Waals surface area (Å²) in [7, 11) is 0. The van der Waals surface area contributed by atoms with Crippen LogP contribution in [-0.4, -0.2) is 6.04 Å². The standard InChI is InChI=1S/C12H17N/c1-8(2)11-7-10-6-4-5-9(3)12(10)13-11/h4-9,12-13H,1-3H3. The Balaban J connectivity index is 2.24. The second kappa shape index (κ2) is 3.06. The molecule has 1 heterocycles. The summed E-state index contributed by atoms with van der Waals surface area (Å²) in [6.07, 6.45) is 8.94. The summed E-state index contributed by atoms with van der Waals surface area (Å²) in [6, 6.07) is 0.530.